The minimum Gasteiger partial charge on any atom is -0.543 e. The molecule has 0 aromatic heterocycles. The van der Waals surface area contributed by atoms with Crippen LogP contribution in [0.1, 0.15) is 17.3 Å². The van der Waals surface area contributed by atoms with Gasteiger partial charge in [-0.25, -0.2) is 0 Å². The average molecular weight is 488 g/mol. The molecule has 0 bridgehead atoms. The first-order valence-corrected chi connectivity index (χ1v) is 11.3. The molecule has 2 aliphatic rings. The Morgan fingerprint density at radius 2 is 1.79 bits per heavy atom. The Bertz CT molecular complexity index is 1180. The maximum absolute atomic E-state index is 13.0. The quantitative estimate of drug-likeness (QED) is 0.324. The first kappa shape index (κ1) is 26.0. The number of fused-ring (bicyclic) bond motifs is 1. The monoisotopic (exact) mass is 487 g/mol. The number of benzene rings is 2. The number of carbonyl (C=O) groups is 3. The van der Waals surface area contributed by atoms with Crippen molar-refractivity contribution < 1.29 is 49.0 Å². The molecule has 0 radical (unpaired) electrons. The van der Waals surface area contributed by atoms with E-state index < -0.39 is 29.2 Å². The van der Waals surface area contributed by atoms with Crippen molar-refractivity contribution in [3.63, 3.8) is 0 Å². The van der Waals surface area contributed by atoms with E-state index in [0.717, 1.165) is 5.69 Å². The number of hydrogen-bond acceptors (Lipinski definition) is 8. The van der Waals surface area contributed by atoms with E-state index in [9.17, 15) is 19.5 Å². The number of rotatable bonds is 6. The van der Waals surface area contributed by atoms with Gasteiger partial charge in [0.15, 0.2) is 0 Å². The van der Waals surface area contributed by atoms with Gasteiger partial charge in [-0.3, -0.25) is 14.5 Å². The summed E-state index contributed by atoms with van der Waals surface area (Å²) in [5.41, 5.74) is 2.75. The third-order valence-electron chi connectivity index (χ3n) is 5.43. The van der Waals surface area contributed by atoms with Crippen LogP contribution in [-0.4, -0.2) is 53.9 Å². The largest absolute Gasteiger partial charge is 1.00 e. The SMILES string of the molecule is CC1=C(C(=O)[O-])N2C(=O)[C@@H](NC(=O)c3ccccc3N=Nc3ccc(N(C)C)cc3)C2SC1.[Na+]. The van der Waals surface area contributed by atoms with Crippen LogP contribution in [0.5, 0.6) is 0 Å². The number of azo groups is 1. The van der Waals surface area contributed by atoms with Gasteiger partial charge in [0.2, 0.25) is 0 Å². The van der Waals surface area contributed by atoms with Crippen molar-refractivity contribution in [2.45, 2.75) is 18.3 Å². The van der Waals surface area contributed by atoms with Crippen LogP contribution in [0, 0.1) is 0 Å². The predicted octanol–water partition coefficient (Wildman–Crippen LogP) is -0.791. The topological polar surface area (TPSA) is 117 Å². The van der Waals surface area contributed by atoms with Crippen molar-refractivity contribution in [1.82, 2.24) is 10.2 Å². The molecular weight excluding hydrogens is 465 g/mol. The van der Waals surface area contributed by atoms with Crippen molar-refractivity contribution >= 4 is 46.6 Å². The summed E-state index contributed by atoms with van der Waals surface area (Å²) >= 11 is 1.40. The van der Waals surface area contributed by atoms with Gasteiger partial charge in [-0.1, -0.05) is 12.1 Å². The van der Waals surface area contributed by atoms with E-state index in [1.54, 1.807) is 31.2 Å². The van der Waals surface area contributed by atoms with Gasteiger partial charge in [-0.2, -0.15) is 5.11 Å². The normalized spacial score (nSPS) is 19.3. The molecular formula is C23H22N5NaO4S. The third kappa shape index (κ3) is 5.05. The Labute approximate surface area is 223 Å². The molecule has 4 rings (SSSR count). The summed E-state index contributed by atoms with van der Waals surface area (Å²) in [5, 5.41) is 22.1. The van der Waals surface area contributed by atoms with Gasteiger partial charge in [0.1, 0.15) is 11.4 Å². The summed E-state index contributed by atoms with van der Waals surface area (Å²) in [6, 6.07) is 13.4. The number of carbonyl (C=O) groups excluding carboxylic acids is 3. The molecule has 9 nitrogen and oxygen atoms in total. The van der Waals surface area contributed by atoms with E-state index in [1.165, 1.54) is 16.7 Å². The summed E-state index contributed by atoms with van der Waals surface area (Å²) in [6.45, 7) is 1.66. The van der Waals surface area contributed by atoms with Crippen LogP contribution in [0.2, 0.25) is 0 Å². The molecule has 1 saturated heterocycles. The fraction of sp³-hybridized carbons (Fsp3) is 0.261. The van der Waals surface area contributed by atoms with Crippen LogP contribution >= 0.6 is 11.8 Å². The Morgan fingerprint density at radius 1 is 1.12 bits per heavy atom. The maximum Gasteiger partial charge on any atom is 1.00 e. The first-order chi connectivity index (χ1) is 15.8. The number of nitrogens with zero attached hydrogens (tertiary/aromatic N) is 4. The Kier molecular flexibility index (Phi) is 8.19. The zero-order valence-electron chi connectivity index (χ0n) is 19.3. The standard InChI is InChI=1S/C23H23N5O4S.Na/c1-13-12-33-22-18(21(30)28(22)19(13)23(31)32)24-20(29)16-6-4-5-7-17(16)26-25-14-8-10-15(11-9-14)27(2)3;/h4-11,18,22H,12H2,1-3H3,(H,24,29)(H,31,32);/q;+1/p-1/t18-,22?;/m1./s1. The molecule has 2 aliphatic heterocycles. The number of hydrogen-bond donors (Lipinski definition) is 1. The summed E-state index contributed by atoms with van der Waals surface area (Å²) in [4.78, 5) is 40.2. The van der Waals surface area contributed by atoms with E-state index in [2.05, 4.69) is 15.5 Å². The van der Waals surface area contributed by atoms with Crippen LogP contribution < -0.4 is 44.9 Å². The second-order valence-electron chi connectivity index (χ2n) is 7.91. The van der Waals surface area contributed by atoms with Crippen LogP contribution in [0.15, 0.2) is 70.0 Å². The number of β-lactam (4-membered cyclic amide) rings is 1. The Hall–Kier alpha value is -2.66. The van der Waals surface area contributed by atoms with Crippen molar-refractivity contribution in [2.24, 2.45) is 10.2 Å². The second kappa shape index (κ2) is 10.7. The Balaban J connectivity index is 0.00000324. The second-order valence-corrected chi connectivity index (χ2v) is 9.01. The molecule has 2 aromatic rings. The zero-order chi connectivity index (χ0) is 23.7. The van der Waals surface area contributed by atoms with E-state index in [4.69, 9.17) is 0 Å². The molecule has 1 fully saturated rings. The minimum absolute atomic E-state index is 0. The third-order valence-corrected chi connectivity index (χ3v) is 6.85. The molecule has 1 unspecified atom stereocenters. The van der Waals surface area contributed by atoms with Gasteiger partial charge in [-0.15, -0.1) is 16.9 Å². The fourth-order valence-corrected chi connectivity index (χ4v) is 4.96. The van der Waals surface area contributed by atoms with Gasteiger partial charge < -0.3 is 20.1 Å². The molecule has 170 valence electrons. The van der Waals surface area contributed by atoms with E-state index in [1.807, 2.05) is 43.3 Å². The number of amides is 2. The number of nitrogens with one attached hydrogen (secondary N) is 1. The Morgan fingerprint density at radius 3 is 2.44 bits per heavy atom. The molecule has 0 spiro atoms. The van der Waals surface area contributed by atoms with E-state index in [0.29, 0.717) is 22.7 Å². The summed E-state index contributed by atoms with van der Waals surface area (Å²) < 4.78 is 0. The van der Waals surface area contributed by atoms with Crippen molar-refractivity contribution in [3.8, 4) is 0 Å². The molecule has 2 amide bonds. The summed E-state index contributed by atoms with van der Waals surface area (Å²) in [7, 11) is 3.89. The molecule has 2 aromatic carbocycles. The molecule has 2 heterocycles. The number of carboxylic acids is 1. The molecule has 11 heteroatoms. The van der Waals surface area contributed by atoms with Crippen LogP contribution in [-0.2, 0) is 9.59 Å². The number of thioether (sulfide) groups is 1. The molecule has 1 N–H and O–H groups in total. The zero-order valence-corrected chi connectivity index (χ0v) is 22.1. The van der Waals surface area contributed by atoms with Gasteiger partial charge in [-0.05, 0) is 48.9 Å². The predicted molar refractivity (Wildman–Crippen MR) is 123 cm³/mol. The maximum atomic E-state index is 13.0. The van der Waals surface area contributed by atoms with Crippen LogP contribution in [0.3, 0.4) is 0 Å². The van der Waals surface area contributed by atoms with Crippen molar-refractivity contribution in [2.75, 3.05) is 24.7 Å². The van der Waals surface area contributed by atoms with E-state index in [-0.39, 0.29) is 40.8 Å². The minimum atomic E-state index is -1.39. The summed E-state index contributed by atoms with van der Waals surface area (Å²) in [5.74, 6) is -1.89. The van der Waals surface area contributed by atoms with Gasteiger partial charge >= 0.3 is 29.6 Å². The first-order valence-electron chi connectivity index (χ1n) is 10.2. The van der Waals surface area contributed by atoms with E-state index >= 15 is 0 Å². The van der Waals surface area contributed by atoms with Crippen molar-refractivity contribution in [3.05, 3.63) is 65.4 Å². The van der Waals surface area contributed by atoms with Crippen molar-refractivity contribution in [1.29, 1.82) is 0 Å². The molecule has 0 aliphatic carbocycles. The molecule has 0 saturated carbocycles. The van der Waals surface area contributed by atoms with Gasteiger partial charge in [0.05, 0.1) is 28.6 Å². The number of anilines is 1. The van der Waals surface area contributed by atoms with Crippen LogP contribution in [0.4, 0.5) is 17.1 Å². The van der Waals surface area contributed by atoms with Gasteiger partial charge in [0.25, 0.3) is 11.8 Å². The number of aliphatic carboxylic acids is 1. The fourth-order valence-electron chi connectivity index (χ4n) is 3.66. The molecule has 2 atom stereocenters. The average Bonchev–Trinajstić information content (AvgIpc) is 2.81. The summed E-state index contributed by atoms with van der Waals surface area (Å²) in [6.07, 6.45) is 0. The molecule has 34 heavy (non-hydrogen) atoms. The smallest absolute Gasteiger partial charge is 0.543 e. The van der Waals surface area contributed by atoms with Crippen LogP contribution in [0.25, 0.3) is 0 Å². The van der Waals surface area contributed by atoms with Gasteiger partial charge in [0, 0.05) is 25.5 Å². The number of carboxylic acid groups (broad SMARTS) is 1.